The molecule has 0 bridgehead atoms. The molecule has 3 atom stereocenters. The molecule has 1 rings (SSSR count). The summed E-state index contributed by atoms with van der Waals surface area (Å²) < 4.78 is 0. The van der Waals surface area contributed by atoms with Crippen molar-refractivity contribution in [3.05, 3.63) is 35.9 Å². The molecule has 14 nitrogen and oxygen atoms in total. The number of amides is 4. The third kappa shape index (κ3) is 17.2. The molecular weight excluding hydrogens is 564 g/mol. The molecule has 0 spiro atoms. The number of carbonyl (C=O) groups is 7. The lowest BCUT2D eigenvalue weighted by Crippen LogP contribution is -2.51. The minimum Gasteiger partial charge on any atom is -0.481 e. The highest BCUT2D eigenvalue weighted by Gasteiger charge is 2.25. The molecule has 238 valence electrons. The van der Waals surface area contributed by atoms with Crippen molar-refractivity contribution in [2.45, 2.75) is 95.7 Å². The lowest BCUT2D eigenvalue weighted by molar-refractivity contribution is -0.141. The van der Waals surface area contributed by atoms with Gasteiger partial charge in [-0.3, -0.25) is 19.2 Å². The summed E-state index contributed by atoms with van der Waals surface area (Å²) in [7, 11) is 0. The first-order valence-electron chi connectivity index (χ1n) is 14.2. The number of carboxylic acids is 3. The van der Waals surface area contributed by atoms with Crippen LogP contribution in [0.1, 0.15) is 76.7 Å². The average Bonchev–Trinajstić information content (AvgIpc) is 2.94. The van der Waals surface area contributed by atoms with Gasteiger partial charge in [0.05, 0.1) is 6.04 Å². The van der Waals surface area contributed by atoms with Crippen molar-refractivity contribution < 1.29 is 48.9 Å². The molecule has 0 aliphatic carbocycles. The monoisotopic (exact) mass is 606 g/mol. The van der Waals surface area contributed by atoms with Crippen LogP contribution in [0.25, 0.3) is 0 Å². The van der Waals surface area contributed by atoms with Gasteiger partial charge in [0.2, 0.25) is 11.8 Å². The quantitative estimate of drug-likeness (QED) is 0.0943. The lowest BCUT2D eigenvalue weighted by atomic mass is 10.0. The summed E-state index contributed by atoms with van der Waals surface area (Å²) in [5.41, 5.74) is 0.971. The van der Waals surface area contributed by atoms with Gasteiger partial charge in [0.1, 0.15) is 12.1 Å². The van der Waals surface area contributed by atoms with Gasteiger partial charge in [0.25, 0.3) is 0 Å². The number of hydrogen-bond acceptors (Lipinski definition) is 7. The first kappa shape index (κ1) is 36.5. The van der Waals surface area contributed by atoms with Crippen molar-refractivity contribution in [2.24, 2.45) is 0 Å². The van der Waals surface area contributed by atoms with Gasteiger partial charge in [-0.05, 0) is 44.6 Å². The maximum absolute atomic E-state index is 12.3. The Morgan fingerprint density at radius 2 is 1.21 bits per heavy atom. The first-order chi connectivity index (χ1) is 20.4. The van der Waals surface area contributed by atoms with Crippen LogP contribution in [0.4, 0.5) is 4.79 Å². The normalized spacial score (nSPS) is 12.7. The van der Waals surface area contributed by atoms with E-state index in [9.17, 15) is 38.7 Å². The standard InChI is InChI=1S/C29H42N4O10/c1-19(34)23(18-20-10-6-5-7-11-20)31-25(36)12-8-3-2-4-9-17-30-24(35)15-13-21(27(39)40)32-29(43)33-22(28(41)42)14-16-26(37)38/h5-7,10-11,21-23H,2-4,8-9,12-18H2,1H3,(H,30,35)(H,31,36)(H,37,38)(H,39,40)(H,41,42)(H2,32,33,43)/t21-,22-,23-/m0/s1. The second-order valence-electron chi connectivity index (χ2n) is 10.2. The fourth-order valence-corrected chi connectivity index (χ4v) is 4.09. The van der Waals surface area contributed by atoms with Gasteiger partial charge in [-0.1, -0.05) is 49.6 Å². The number of rotatable bonds is 22. The van der Waals surface area contributed by atoms with E-state index in [1.807, 2.05) is 35.6 Å². The summed E-state index contributed by atoms with van der Waals surface area (Å²) in [6.07, 6.45) is 3.22. The summed E-state index contributed by atoms with van der Waals surface area (Å²) in [6, 6.07) is 4.83. The Morgan fingerprint density at radius 3 is 1.77 bits per heavy atom. The number of urea groups is 1. The van der Waals surface area contributed by atoms with Crippen LogP contribution < -0.4 is 21.3 Å². The summed E-state index contributed by atoms with van der Waals surface area (Å²) in [6.45, 7) is 1.83. The Kier molecular flexibility index (Phi) is 17.3. The number of carboxylic acid groups (broad SMARTS) is 3. The van der Waals surface area contributed by atoms with Gasteiger partial charge >= 0.3 is 23.9 Å². The Labute approximate surface area is 250 Å². The second kappa shape index (κ2) is 20.4. The van der Waals surface area contributed by atoms with Crippen LogP contribution in [0.2, 0.25) is 0 Å². The van der Waals surface area contributed by atoms with Crippen LogP contribution in [0.15, 0.2) is 30.3 Å². The third-order valence-corrected chi connectivity index (χ3v) is 6.53. The predicted molar refractivity (Wildman–Crippen MR) is 154 cm³/mol. The molecule has 0 radical (unpaired) electrons. The Balaban J connectivity index is 2.23. The molecule has 1 aromatic rings. The van der Waals surface area contributed by atoms with Gasteiger partial charge in [-0.15, -0.1) is 0 Å². The second-order valence-corrected chi connectivity index (χ2v) is 10.2. The van der Waals surface area contributed by atoms with E-state index in [-0.39, 0.29) is 31.0 Å². The van der Waals surface area contributed by atoms with Crippen molar-refractivity contribution in [3.63, 3.8) is 0 Å². The van der Waals surface area contributed by atoms with E-state index < -0.39 is 54.4 Å². The fourth-order valence-electron chi connectivity index (χ4n) is 4.09. The van der Waals surface area contributed by atoms with Gasteiger partial charge in [-0.25, -0.2) is 14.4 Å². The Morgan fingerprint density at radius 1 is 0.651 bits per heavy atom. The summed E-state index contributed by atoms with van der Waals surface area (Å²) in [5, 5.41) is 36.7. The van der Waals surface area contributed by atoms with Crippen molar-refractivity contribution in [3.8, 4) is 0 Å². The van der Waals surface area contributed by atoms with E-state index in [2.05, 4.69) is 16.0 Å². The zero-order valence-corrected chi connectivity index (χ0v) is 24.3. The smallest absolute Gasteiger partial charge is 0.326 e. The van der Waals surface area contributed by atoms with Gasteiger partial charge in [0.15, 0.2) is 5.78 Å². The number of Topliss-reactive ketones (excluding diaryl/α,β-unsaturated/α-hetero) is 1. The lowest BCUT2D eigenvalue weighted by Gasteiger charge is -2.18. The maximum Gasteiger partial charge on any atom is 0.326 e. The molecule has 0 heterocycles. The third-order valence-electron chi connectivity index (χ3n) is 6.53. The van der Waals surface area contributed by atoms with Crippen LogP contribution in [0.5, 0.6) is 0 Å². The van der Waals surface area contributed by atoms with Gasteiger partial charge in [0, 0.05) is 25.8 Å². The molecule has 0 fully saturated rings. The van der Waals surface area contributed by atoms with E-state index in [0.29, 0.717) is 32.2 Å². The highest BCUT2D eigenvalue weighted by atomic mass is 16.4. The topological polar surface area (TPSA) is 228 Å². The SMILES string of the molecule is CC(=O)[C@H](Cc1ccccc1)NC(=O)CCCCCCCNC(=O)CC[C@H](NC(=O)N[C@@H](CCC(=O)O)C(=O)O)C(=O)O. The molecule has 7 N–H and O–H groups in total. The molecule has 14 heteroatoms. The molecular formula is C29H42N4O10. The molecule has 0 aromatic heterocycles. The molecule has 0 aliphatic heterocycles. The van der Waals surface area contributed by atoms with E-state index in [1.165, 1.54) is 6.92 Å². The molecule has 0 saturated heterocycles. The van der Waals surface area contributed by atoms with Crippen LogP contribution >= 0.6 is 0 Å². The zero-order chi connectivity index (χ0) is 32.2. The largest absolute Gasteiger partial charge is 0.481 e. The number of aliphatic carboxylic acids is 3. The average molecular weight is 607 g/mol. The number of nitrogens with one attached hydrogen (secondary N) is 4. The molecule has 0 saturated carbocycles. The van der Waals surface area contributed by atoms with Crippen LogP contribution in [-0.4, -0.2) is 81.5 Å². The Bertz CT molecular complexity index is 1100. The minimum absolute atomic E-state index is 0.0988. The van der Waals surface area contributed by atoms with Crippen molar-refractivity contribution >= 4 is 41.5 Å². The molecule has 43 heavy (non-hydrogen) atoms. The van der Waals surface area contributed by atoms with Crippen molar-refractivity contribution in [1.29, 1.82) is 0 Å². The highest BCUT2D eigenvalue weighted by molar-refractivity contribution is 5.88. The van der Waals surface area contributed by atoms with Gasteiger partial charge in [-0.2, -0.15) is 0 Å². The first-order valence-corrected chi connectivity index (χ1v) is 14.2. The fraction of sp³-hybridized carbons (Fsp3) is 0.552. The molecule has 1 aromatic carbocycles. The number of carbonyl (C=O) groups excluding carboxylic acids is 4. The van der Waals surface area contributed by atoms with Crippen molar-refractivity contribution in [1.82, 2.24) is 21.3 Å². The highest BCUT2D eigenvalue weighted by Crippen LogP contribution is 2.08. The van der Waals surface area contributed by atoms with E-state index in [0.717, 1.165) is 24.8 Å². The van der Waals surface area contributed by atoms with E-state index >= 15 is 0 Å². The zero-order valence-electron chi connectivity index (χ0n) is 24.3. The van der Waals surface area contributed by atoms with Gasteiger partial charge < -0.3 is 36.6 Å². The van der Waals surface area contributed by atoms with E-state index in [1.54, 1.807) is 0 Å². The van der Waals surface area contributed by atoms with Crippen molar-refractivity contribution in [2.75, 3.05) is 6.54 Å². The minimum atomic E-state index is -1.52. The maximum atomic E-state index is 12.3. The predicted octanol–water partition coefficient (Wildman–Crippen LogP) is 1.61. The number of unbranched alkanes of at least 4 members (excludes halogenated alkanes) is 4. The molecule has 4 amide bonds. The number of benzene rings is 1. The van der Waals surface area contributed by atoms with E-state index in [4.69, 9.17) is 10.2 Å². The number of ketones is 1. The number of hydrogen-bond donors (Lipinski definition) is 7. The van der Waals surface area contributed by atoms with Crippen LogP contribution in [0.3, 0.4) is 0 Å². The summed E-state index contributed by atoms with van der Waals surface area (Å²) in [5.74, 6) is -4.81. The van der Waals surface area contributed by atoms with Crippen LogP contribution in [0, 0.1) is 0 Å². The molecule has 0 unspecified atom stereocenters. The Hall–Kier alpha value is -4.49. The summed E-state index contributed by atoms with van der Waals surface area (Å²) in [4.78, 5) is 81.6. The van der Waals surface area contributed by atoms with Crippen LogP contribution in [-0.2, 0) is 35.2 Å². The molecule has 0 aliphatic rings. The summed E-state index contributed by atoms with van der Waals surface area (Å²) >= 11 is 0.